The number of hydrogen-bond acceptors (Lipinski definition) is 5. The van der Waals surface area contributed by atoms with Gasteiger partial charge in [-0.15, -0.1) is 0 Å². The van der Waals surface area contributed by atoms with E-state index in [1.54, 1.807) is 6.20 Å². The van der Waals surface area contributed by atoms with Crippen molar-refractivity contribution in [3.63, 3.8) is 0 Å². The third kappa shape index (κ3) is 2.13. The summed E-state index contributed by atoms with van der Waals surface area (Å²) in [4.78, 5) is 8.77. The molecule has 19 heavy (non-hydrogen) atoms. The molecule has 2 fully saturated rings. The zero-order chi connectivity index (χ0) is 13.8. The molecule has 5 nitrogen and oxygen atoms in total. The number of nitrogens with two attached hydrogens (primary N) is 1. The fourth-order valence-electron chi connectivity index (χ4n) is 2.11. The fourth-order valence-corrected chi connectivity index (χ4v) is 2.11. The molecule has 1 aliphatic carbocycles. The van der Waals surface area contributed by atoms with Crippen LogP contribution in [-0.4, -0.2) is 28.3 Å². The molecule has 0 aromatic carbocycles. The molecule has 2 aliphatic rings. The van der Waals surface area contributed by atoms with E-state index in [1.807, 2.05) is 27.7 Å². The lowest BCUT2D eigenvalue weighted by Gasteiger charge is -2.32. The van der Waals surface area contributed by atoms with E-state index in [2.05, 4.69) is 9.97 Å². The summed E-state index contributed by atoms with van der Waals surface area (Å²) in [6.45, 7) is 8.07. The zero-order valence-electron chi connectivity index (χ0n) is 11.9. The monoisotopic (exact) mass is 261 g/mol. The number of rotatable bonds is 2. The average Bonchev–Trinajstić information content (AvgIpc) is 3.07. The van der Waals surface area contributed by atoms with E-state index in [-0.39, 0.29) is 11.2 Å². The lowest BCUT2D eigenvalue weighted by Crippen LogP contribution is -2.41. The van der Waals surface area contributed by atoms with E-state index >= 15 is 0 Å². The third-order valence-electron chi connectivity index (χ3n) is 4.32. The van der Waals surface area contributed by atoms with Crippen molar-refractivity contribution in [3.05, 3.63) is 12.0 Å². The average molecular weight is 261 g/mol. The highest BCUT2D eigenvalue weighted by Crippen LogP contribution is 2.39. The second kappa shape index (κ2) is 3.93. The number of hydrogen-bond donors (Lipinski definition) is 1. The molecule has 0 amide bonds. The Morgan fingerprint density at radius 2 is 1.79 bits per heavy atom. The van der Waals surface area contributed by atoms with E-state index in [4.69, 9.17) is 15.0 Å². The van der Waals surface area contributed by atoms with Crippen LogP contribution in [0.2, 0.25) is 0 Å². The molecule has 1 saturated carbocycles. The van der Waals surface area contributed by atoms with Gasteiger partial charge in [-0.1, -0.05) is 0 Å². The van der Waals surface area contributed by atoms with Gasteiger partial charge in [-0.3, -0.25) is 0 Å². The maximum atomic E-state index is 6.03. The highest BCUT2D eigenvalue weighted by Gasteiger charge is 2.52. The van der Waals surface area contributed by atoms with Crippen molar-refractivity contribution in [1.82, 2.24) is 9.97 Å². The van der Waals surface area contributed by atoms with Crippen molar-refractivity contribution in [3.8, 4) is 0 Å². The molecule has 0 radical (unpaired) electrons. The van der Waals surface area contributed by atoms with Gasteiger partial charge in [0, 0.05) is 17.6 Å². The standard InChI is InChI=1S/C13H20BN3O2/c1-12(2)13(3,4)19-14(18-12)9-7-16-11(8-5-6-8)17-10(9)15/h7-8H,5-6H2,1-4H3,(H2,15,16,17). The van der Waals surface area contributed by atoms with Crippen molar-refractivity contribution < 1.29 is 9.31 Å². The van der Waals surface area contributed by atoms with Crippen molar-refractivity contribution in [2.75, 3.05) is 5.73 Å². The summed E-state index contributed by atoms with van der Waals surface area (Å²) >= 11 is 0. The molecule has 0 bridgehead atoms. The van der Waals surface area contributed by atoms with E-state index in [1.165, 1.54) is 0 Å². The van der Waals surface area contributed by atoms with Crippen LogP contribution in [0.15, 0.2) is 6.20 Å². The smallest absolute Gasteiger partial charge is 0.399 e. The van der Waals surface area contributed by atoms with Gasteiger partial charge in [0.25, 0.3) is 0 Å². The minimum atomic E-state index is -0.488. The molecular formula is C13H20BN3O2. The summed E-state index contributed by atoms with van der Waals surface area (Å²) < 4.78 is 11.9. The molecule has 2 heterocycles. The minimum Gasteiger partial charge on any atom is -0.399 e. The second-order valence-electron chi connectivity index (χ2n) is 6.43. The quantitative estimate of drug-likeness (QED) is 0.811. The largest absolute Gasteiger partial charge is 0.500 e. The fraction of sp³-hybridized carbons (Fsp3) is 0.692. The summed E-state index contributed by atoms with van der Waals surface area (Å²) in [5, 5.41) is 0. The van der Waals surface area contributed by atoms with Crippen molar-refractivity contribution in [1.29, 1.82) is 0 Å². The summed E-state index contributed by atoms with van der Waals surface area (Å²) in [7, 11) is -0.488. The van der Waals surface area contributed by atoms with Crippen LogP contribution in [0.1, 0.15) is 52.3 Å². The summed E-state index contributed by atoms with van der Waals surface area (Å²) in [6, 6.07) is 0. The van der Waals surface area contributed by atoms with Gasteiger partial charge in [0.1, 0.15) is 11.6 Å². The van der Waals surface area contributed by atoms with Gasteiger partial charge in [0.05, 0.1) is 11.2 Å². The molecule has 0 unspecified atom stereocenters. The maximum Gasteiger partial charge on any atom is 0.500 e. The van der Waals surface area contributed by atoms with Crippen LogP contribution in [-0.2, 0) is 9.31 Å². The summed E-state index contributed by atoms with van der Waals surface area (Å²) in [5.74, 6) is 1.81. The third-order valence-corrected chi connectivity index (χ3v) is 4.32. The van der Waals surface area contributed by atoms with E-state index in [0.717, 1.165) is 24.1 Å². The molecule has 1 aromatic rings. The highest BCUT2D eigenvalue weighted by molar-refractivity contribution is 6.63. The zero-order valence-corrected chi connectivity index (χ0v) is 11.9. The topological polar surface area (TPSA) is 70.3 Å². The van der Waals surface area contributed by atoms with Gasteiger partial charge >= 0.3 is 7.12 Å². The van der Waals surface area contributed by atoms with E-state index in [9.17, 15) is 0 Å². The Bertz CT molecular complexity index is 499. The van der Waals surface area contributed by atoms with Gasteiger partial charge in [0.2, 0.25) is 0 Å². The highest BCUT2D eigenvalue weighted by atomic mass is 16.7. The Morgan fingerprint density at radius 1 is 1.21 bits per heavy atom. The first-order valence-corrected chi connectivity index (χ1v) is 6.78. The van der Waals surface area contributed by atoms with Crippen molar-refractivity contribution in [2.45, 2.75) is 57.7 Å². The van der Waals surface area contributed by atoms with Crippen LogP contribution in [0.25, 0.3) is 0 Å². The second-order valence-corrected chi connectivity index (χ2v) is 6.43. The molecule has 0 spiro atoms. The molecule has 3 rings (SSSR count). The molecule has 1 aromatic heterocycles. The molecule has 6 heteroatoms. The van der Waals surface area contributed by atoms with Crippen LogP contribution >= 0.6 is 0 Å². The Labute approximate surface area is 114 Å². The molecular weight excluding hydrogens is 241 g/mol. The van der Waals surface area contributed by atoms with Crippen LogP contribution < -0.4 is 11.2 Å². The predicted octanol–water partition coefficient (Wildman–Crippen LogP) is 1.24. The molecule has 1 aliphatic heterocycles. The first-order chi connectivity index (χ1) is 8.80. The lowest BCUT2D eigenvalue weighted by molar-refractivity contribution is 0.00578. The first-order valence-electron chi connectivity index (χ1n) is 6.78. The van der Waals surface area contributed by atoms with Crippen molar-refractivity contribution in [2.24, 2.45) is 0 Å². The molecule has 102 valence electrons. The van der Waals surface area contributed by atoms with Gasteiger partial charge in [-0.25, -0.2) is 9.97 Å². The number of aromatic nitrogens is 2. The maximum absolute atomic E-state index is 6.03. The number of nitrogens with zero attached hydrogens (tertiary/aromatic N) is 2. The van der Waals surface area contributed by atoms with Crippen LogP contribution in [0.4, 0.5) is 5.82 Å². The Balaban J connectivity index is 1.87. The predicted molar refractivity (Wildman–Crippen MR) is 74.1 cm³/mol. The van der Waals surface area contributed by atoms with Crippen LogP contribution in [0.5, 0.6) is 0 Å². The Morgan fingerprint density at radius 3 is 2.26 bits per heavy atom. The Hall–Kier alpha value is -1.14. The van der Waals surface area contributed by atoms with Gasteiger partial charge < -0.3 is 15.0 Å². The van der Waals surface area contributed by atoms with E-state index < -0.39 is 7.12 Å². The minimum absolute atomic E-state index is 0.376. The van der Waals surface area contributed by atoms with Crippen LogP contribution in [0, 0.1) is 0 Å². The Kier molecular flexibility index (Phi) is 2.66. The van der Waals surface area contributed by atoms with Gasteiger partial charge in [-0.05, 0) is 40.5 Å². The number of anilines is 1. The first kappa shape index (κ1) is 12.9. The SMILES string of the molecule is CC1(C)OB(c2cnc(C3CC3)nc2N)OC1(C)C. The molecule has 1 saturated heterocycles. The summed E-state index contributed by atoms with van der Waals surface area (Å²) in [5.41, 5.74) is 6.01. The summed E-state index contributed by atoms with van der Waals surface area (Å²) in [6.07, 6.45) is 4.07. The normalized spacial score (nSPS) is 24.7. The number of nitrogen functional groups attached to an aromatic ring is 1. The molecule has 0 atom stereocenters. The van der Waals surface area contributed by atoms with Gasteiger partial charge in [-0.2, -0.15) is 0 Å². The van der Waals surface area contributed by atoms with Crippen LogP contribution in [0.3, 0.4) is 0 Å². The van der Waals surface area contributed by atoms with Crippen molar-refractivity contribution >= 4 is 18.4 Å². The molecule has 2 N–H and O–H groups in total. The van der Waals surface area contributed by atoms with E-state index in [0.29, 0.717) is 11.7 Å². The lowest BCUT2D eigenvalue weighted by atomic mass is 9.80. The van der Waals surface area contributed by atoms with Gasteiger partial charge in [0.15, 0.2) is 0 Å².